The molecule has 0 aromatic heterocycles. The largest absolute Gasteiger partial charge is 0.481 e. The van der Waals surface area contributed by atoms with Crippen LogP contribution in [0.4, 0.5) is 5.69 Å². The number of benzene rings is 1. The highest BCUT2D eigenvalue weighted by molar-refractivity contribution is 5.85. The topological polar surface area (TPSA) is 55.5 Å². The fraction of sp³-hybridized carbons (Fsp3) is 0.200. The van der Waals surface area contributed by atoms with E-state index in [0.717, 1.165) is 5.75 Å². The Morgan fingerprint density at radius 2 is 1.86 bits per heavy atom. The Bertz CT molecular complexity index is 313. The first-order valence-corrected chi connectivity index (χ1v) is 3.88. The molecule has 0 atom stereocenters. The van der Waals surface area contributed by atoms with Crippen molar-refractivity contribution in [1.82, 2.24) is 0 Å². The van der Waals surface area contributed by atoms with Crippen LogP contribution in [-0.4, -0.2) is 18.3 Å². The zero-order chi connectivity index (χ0) is 9.52. The normalized spacial score (nSPS) is 8.07. The Labute approximate surface area is 89.3 Å². The number of halogens is 1. The van der Waals surface area contributed by atoms with Crippen LogP contribution in [0.2, 0.25) is 0 Å². The third-order valence-corrected chi connectivity index (χ3v) is 1.40. The summed E-state index contributed by atoms with van der Waals surface area (Å²) >= 11 is 0. The number of anilines is 1. The van der Waals surface area contributed by atoms with Gasteiger partial charge in [0.05, 0.1) is 0 Å². The van der Waals surface area contributed by atoms with Crippen LogP contribution in [0.5, 0.6) is 5.75 Å². The minimum atomic E-state index is -0.134. The molecule has 3 nitrogen and oxygen atoms in total. The number of hydrogen-bond acceptors (Lipinski definition) is 3. The standard InChI is InChI=1S/C10H11NO2.ClH/c11-9-3-5-10(6-4-9)13-8-2-1-7-12;/h3-6,12H,7-8,11H2;1H. The van der Waals surface area contributed by atoms with Gasteiger partial charge in [-0.15, -0.1) is 12.4 Å². The van der Waals surface area contributed by atoms with Crippen molar-refractivity contribution in [2.75, 3.05) is 18.9 Å². The lowest BCUT2D eigenvalue weighted by Gasteiger charge is -2.00. The summed E-state index contributed by atoms with van der Waals surface area (Å²) in [5, 5.41) is 8.35. The average molecular weight is 214 g/mol. The lowest BCUT2D eigenvalue weighted by Crippen LogP contribution is -1.94. The smallest absolute Gasteiger partial charge is 0.149 e. The van der Waals surface area contributed by atoms with Gasteiger partial charge in [0, 0.05) is 5.69 Å². The molecule has 0 aliphatic rings. The zero-order valence-corrected chi connectivity index (χ0v) is 8.38. The summed E-state index contributed by atoms with van der Waals surface area (Å²) in [5.74, 6) is 5.85. The number of hydrogen-bond donors (Lipinski definition) is 2. The number of rotatable bonds is 2. The first kappa shape index (κ1) is 12.6. The van der Waals surface area contributed by atoms with Crippen LogP contribution in [0, 0.1) is 11.8 Å². The highest BCUT2D eigenvalue weighted by Crippen LogP contribution is 2.12. The summed E-state index contributed by atoms with van der Waals surface area (Å²) in [6.45, 7) is 0.148. The van der Waals surface area contributed by atoms with Crippen LogP contribution in [0.15, 0.2) is 24.3 Å². The van der Waals surface area contributed by atoms with Gasteiger partial charge in [-0.25, -0.2) is 0 Å². The van der Waals surface area contributed by atoms with Crippen LogP contribution in [-0.2, 0) is 0 Å². The predicted molar refractivity (Wildman–Crippen MR) is 58.5 cm³/mol. The lowest BCUT2D eigenvalue weighted by molar-refractivity contribution is 0.347. The molecule has 0 radical (unpaired) electrons. The van der Waals surface area contributed by atoms with E-state index in [1.165, 1.54) is 0 Å². The first-order chi connectivity index (χ1) is 6.33. The van der Waals surface area contributed by atoms with Crippen LogP contribution in [0.3, 0.4) is 0 Å². The number of aliphatic hydroxyl groups excluding tert-OH is 1. The molecular weight excluding hydrogens is 202 g/mol. The van der Waals surface area contributed by atoms with Crippen molar-refractivity contribution in [1.29, 1.82) is 0 Å². The molecule has 76 valence electrons. The summed E-state index contributed by atoms with van der Waals surface area (Å²) in [6, 6.07) is 7.07. The van der Waals surface area contributed by atoms with Gasteiger partial charge in [0.25, 0.3) is 0 Å². The molecule has 0 spiro atoms. The van der Waals surface area contributed by atoms with Crippen LogP contribution < -0.4 is 10.5 Å². The van der Waals surface area contributed by atoms with Crippen LogP contribution in [0.25, 0.3) is 0 Å². The minimum absolute atomic E-state index is 0. The Balaban J connectivity index is 0.00000169. The minimum Gasteiger partial charge on any atom is -0.481 e. The van der Waals surface area contributed by atoms with Crippen molar-refractivity contribution >= 4 is 18.1 Å². The first-order valence-electron chi connectivity index (χ1n) is 3.88. The van der Waals surface area contributed by atoms with Gasteiger partial charge in [-0.05, 0) is 24.3 Å². The highest BCUT2D eigenvalue weighted by atomic mass is 35.5. The van der Waals surface area contributed by atoms with E-state index in [4.69, 9.17) is 15.6 Å². The van der Waals surface area contributed by atoms with Crippen molar-refractivity contribution in [2.45, 2.75) is 0 Å². The van der Waals surface area contributed by atoms with E-state index in [1.54, 1.807) is 24.3 Å². The molecule has 1 aromatic rings. The molecule has 0 saturated heterocycles. The van der Waals surface area contributed by atoms with Gasteiger partial charge < -0.3 is 15.6 Å². The molecule has 0 heterocycles. The van der Waals surface area contributed by atoms with Gasteiger partial charge in [0.1, 0.15) is 19.0 Å². The zero-order valence-electron chi connectivity index (χ0n) is 7.56. The number of aliphatic hydroxyl groups is 1. The van der Waals surface area contributed by atoms with Crippen LogP contribution in [0.1, 0.15) is 0 Å². The molecule has 1 aromatic carbocycles. The van der Waals surface area contributed by atoms with Gasteiger partial charge in [-0.1, -0.05) is 11.8 Å². The SMILES string of the molecule is Cl.Nc1ccc(OCC#CCO)cc1. The highest BCUT2D eigenvalue weighted by Gasteiger charge is 1.89. The van der Waals surface area contributed by atoms with Crippen molar-refractivity contribution in [3.63, 3.8) is 0 Å². The molecule has 14 heavy (non-hydrogen) atoms. The van der Waals surface area contributed by atoms with E-state index in [1.807, 2.05) is 0 Å². The maximum atomic E-state index is 8.35. The van der Waals surface area contributed by atoms with Crippen LogP contribution >= 0.6 is 12.4 Å². The summed E-state index contributed by atoms with van der Waals surface area (Å²) in [4.78, 5) is 0. The van der Waals surface area contributed by atoms with Gasteiger partial charge in [-0.3, -0.25) is 0 Å². The Morgan fingerprint density at radius 1 is 1.21 bits per heavy atom. The summed E-state index contributed by atoms with van der Waals surface area (Å²) in [5.41, 5.74) is 6.19. The third kappa shape index (κ3) is 4.61. The molecule has 3 N–H and O–H groups in total. The second-order valence-corrected chi connectivity index (χ2v) is 2.37. The molecule has 1 rings (SSSR count). The summed E-state index contributed by atoms with van der Waals surface area (Å²) < 4.78 is 5.22. The summed E-state index contributed by atoms with van der Waals surface area (Å²) in [6.07, 6.45) is 0. The van der Waals surface area contributed by atoms with Crippen molar-refractivity contribution in [3.05, 3.63) is 24.3 Å². The van der Waals surface area contributed by atoms with E-state index in [0.29, 0.717) is 5.69 Å². The maximum Gasteiger partial charge on any atom is 0.149 e. The van der Waals surface area contributed by atoms with E-state index in [-0.39, 0.29) is 25.6 Å². The van der Waals surface area contributed by atoms with Gasteiger partial charge in [0.2, 0.25) is 0 Å². The number of nitrogen functional groups attached to an aromatic ring is 1. The molecular formula is C10H12ClNO2. The second kappa shape index (κ2) is 7.07. The molecule has 0 saturated carbocycles. The molecule has 0 bridgehead atoms. The van der Waals surface area contributed by atoms with E-state index >= 15 is 0 Å². The van der Waals surface area contributed by atoms with E-state index in [9.17, 15) is 0 Å². The predicted octanol–water partition coefficient (Wildman–Crippen LogP) is 1.07. The maximum absolute atomic E-state index is 8.35. The molecule has 0 amide bonds. The molecule has 0 aliphatic carbocycles. The van der Waals surface area contributed by atoms with Gasteiger partial charge >= 0.3 is 0 Å². The summed E-state index contributed by atoms with van der Waals surface area (Å²) in [7, 11) is 0. The number of ether oxygens (including phenoxy) is 1. The van der Waals surface area contributed by atoms with Crippen molar-refractivity contribution in [3.8, 4) is 17.6 Å². The van der Waals surface area contributed by atoms with Gasteiger partial charge in [0.15, 0.2) is 0 Å². The lowest BCUT2D eigenvalue weighted by atomic mass is 10.3. The Hall–Kier alpha value is -1.37. The fourth-order valence-corrected chi connectivity index (χ4v) is 0.790. The van der Waals surface area contributed by atoms with Crippen molar-refractivity contribution < 1.29 is 9.84 Å². The number of nitrogens with two attached hydrogens (primary N) is 1. The molecule has 0 aliphatic heterocycles. The van der Waals surface area contributed by atoms with Gasteiger partial charge in [-0.2, -0.15) is 0 Å². The molecule has 0 unspecified atom stereocenters. The van der Waals surface area contributed by atoms with E-state index < -0.39 is 0 Å². The monoisotopic (exact) mass is 213 g/mol. The molecule has 4 heteroatoms. The third-order valence-electron chi connectivity index (χ3n) is 1.40. The Kier molecular flexibility index (Phi) is 6.38. The average Bonchev–Trinajstić information content (AvgIpc) is 2.15. The fourth-order valence-electron chi connectivity index (χ4n) is 0.790. The molecule has 0 fully saturated rings. The van der Waals surface area contributed by atoms with Crippen molar-refractivity contribution in [2.24, 2.45) is 0 Å². The Morgan fingerprint density at radius 3 is 2.43 bits per heavy atom. The second-order valence-electron chi connectivity index (χ2n) is 2.37. The quantitative estimate of drug-likeness (QED) is 0.571. The van der Waals surface area contributed by atoms with E-state index in [2.05, 4.69) is 11.8 Å².